The number of rotatable bonds is 6. The number of hydrogen-bond acceptors (Lipinski definition) is 6. The van der Waals surface area contributed by atoms with E-state index in [2.05, 4.69) is 15.2 Å². The van der Waals surface area contributed by atoms with Gasteiger partial charge in [-0.15, -0.1) is 11.3 Å². The van der Waals surface area contributed by atoms with Crippen LogP contribution in [0.15, 0.2) is 42.5 Å². The van der Waals surface area contributed by atoms with Gasteiger partial charge in [-0.2, -0.15) is 0 Å². The summed E-state index contributed by atoms with van der Waals surface area (Å²) in [6, 6.07) is 12.7. The van der Waals surface area contributed by atoms with Crippen LogP contribution in [0.4, 0.5) is 11.4 Å². The Morgan fingerprint density at radius 2 is 1.90 bits per heavy atom. The van der Waals surface area contributed by atoms with Crippen molar-refractivity contribution in [2.75, 3.05) is 24.5 Å². The number of thiazole rings is 1. The summed E-state index contributed by atoms with van der Waals surface area (Å²) < 4.78 is 1.12. The van der Waals surface area contributed by atoms with Crippen LogP contribution in [0.2, 0.25) is 0 Å². The van der Waals surface area contributed by atoms with Crippen LogP contribution in [0.3, 0.4) is 0 Å². The zero-order valence-corrected chi connectivity index (χ0v) is 17.5. The molecule has 1 saturated heterocycles. The molecule has 0 radical (unpaired) electrons. The molecule has 1 N–H and O–H groups in total. The molecule has 1 aliphatic rings. The second-order valence-electron chi connectivity index (χ2n) is 7.44. The van der Waals surface area contributed by atoms with Gasteiger partial charge in [0.25, 0.3) is 11.6 Å². The van der Waals surface area contributed by atoms with Crippen molar-refractivity contribution in [2.24, 2.45) is 0 Å². The summed E-state index contributed by atoms with van der Waals surface area (Å²) in [6.07, 6.45) is 4.99. The van der Waals surface area contributed by atoms with Crippen molar-refractivity contribution in [1.82, 2.24) is 10.3 Å². The summed E-state index contributed by atoms with van der Waals surface area (Å²) >= 11 is 1.61. The summed E-state index contributed by atoms with van der Waals surface area (Å²) in [6.45, 7) is 2.06. The summed E-state index contributed by atoms with van der Waals surface area (Å²) in [7, 11) is 0. The average molecular weight is 425 g/mol. The van der Waals surface area contributed by atoms with Gasteiger partial charge < -0.3 is 10.2 Å². The molecular formula is C22H24N4O3S. The molecule has 8 heteroatoms. The normalized spacial score (nSPS) is 14.5. The van der Waals surface area contributed by atoms with E-state index in [0.29, 0.717) is 24.2 Å². The van der Waals surface area contributed by atoms with Crippen molar-refractivity contribution in [3.63, 3.8) is 0 Å². The molecule has 0 bridgehead atoms. The number of anilines is 1. The molecule has 7 nitrogen and oxygen atoms in total. The number of nitro groups is 1. The maximum Gasteiger partial charge on any atom is 0.293 e. The monoisotopic (exact) mass is 424 g/mol. The molecule has 0 atom stereocenters. The highest BCUT2D eigenvalue weighted by Gasteiger charge is 2.22. The van der Waals surface area contributed by atoms with E-state index in [9.17, 15) is 14.9 Å². The zero-order chi connectivity index (χ0) is 20.9. The smallest absolute Gasteiger partial charge is 0.293 e. The summed E-state index contributed by atoms with van der Waals surface area (Å²) in [5.41, 5.74) is 1.87. The Balaban J connectivity index is 1.42. The lowest BCUT2D eigenvalue weighted by Gasteiger charge is -2.22. The predicted molar refractivity (Wildman–Crippen MR) is 119 cm³/mol. The van der Waals surface area contributed by atoms with Crippen molar-refractivity contribution in [2.45, 2.75) is 32.1 Å². The van der Waals surface area contributed by atoms with E-state index in [1.165, 1.54) is 6.07 Å². The van der Waals surface area contributed by atoms with Gasteiger partial charge >= 0.3 is 0 Å². The predicted octanol–water partition coefficient (Wildman–Crippen LogP) is 4.56. The average Bonchev–Trinajstić information content (AvgIpc) is 2.97. The van der Waals surface area contributed by atoms with E-state index < -0.39 is 4.92 Å². The number of para-hydroxylation sites is 1. The van der Waals surface area contributed by atoms with E-state index in [1.54, 1.807) is 23.5 Å². The van der Waals surface area contributed by atoms with Gasteiger partial charge in [0, 0.05) is 37.7 Å². The van der Waals surface area contributed by atoms with Crippen LogP contribution >= 0.6 is 11.3 Å². The Morgan fingerprint density at radius 3 is 2.63 bits per heavy atom. The van der Waals surface area contributed by atoms with Crippen LogP contribution in [0.25, 0.3) is 10.2 Å². The van der Waals surface area contributed by atoms with Crippen LogP contribution in [0.5, 0.6) is 0 Å². The lowest BCUT2D eigenvalue weighted by molar-refractivity contribution is -0.384. The van der Waals surface area contributed by atoms with Crippen LogP contribution in [-0.4, -0.2) is 35.4 Å². The van der Waals surface area contributed by atoms with Gasteiger partial charge in [-0.25, -0.2) is 4.98 Å². The third-order valence-electron chi connectivity index (χ3n) is 5.34. The number of amides is 1. The van der Waals surface area contributed by atoms with Crippen molar-refractivity contribution in [3.05, 3.63) is 63.1 Å². The fourth-order valence-corrected chi connectivity index (χ4v) is 4.77. The summed E-state index contributed by atoms with van der Waals surface area (Å²) in [4.78, 5) is 30.5. The fourth-order valence-electron chi connectivity index (χ4n) is 3.80. The minimum Gasteiger partial charge on any atom is -0.366 e. The lowest BCUT2D eigenvalue weighted by atomic mass is 10.1. The molecule has 2 aromatic carbocycles. The van der Waals surface area contributed by atoms with Gasteiger partial charge in [0.2, 0.25) is 0 Å². The largest absolute Gasteiger partial charge is 0.366 e. The molecule has 3 aromatic rings. The first-order chi connectivity index (χ1) is 14.6. The summed E-state index contributed by atoms with van der Waals surface area (Å²) in [5.74, 6) is -0.304. The van der Waals surface area contributed by atoms with E-state index in [4.69, 9.17) is 0 Å². The number of benzene rings is 2. The van der Waals surface area contributed by atoms with Crippen molar-refractivity contribution >= 4 is 38.8 Å². The van der Waals surface area contributed by atoms with Crippen LogP contribution in [0.1, 0.15) is 41.0 Å². The third kappa shape index (κ3) is 4.59. The number of carbonyl (C=O) groups excluding carboxylic acids is 1. The first-order valence-corrected chi connectivity index (χ1v) is 11.1. The van der Waals surface area contributed by atoms with E-state index in [-0.39, 0.29) is 11.6 Å². The van der Waals surface area contributed by atoms with Crippen LogP contribution in [0, 0.1) is 10.1 Å². The van der Waals surface area contributed by atoms with Crippen LogP contribution < -0.4 is 10.2 Å². The number of nitro benzene ring substituents is 1. The lowest BCUT2D eigenvalue weighted by Crippen LogP contribution is -2.27. The standard InChI is InChI=1S/C22H24N4O3S/c27-22(23-12-11-21-24-17-7-3-4-8-20(17)30-21)16-9-10-18(19(15-16)26(28)29)25-13-5-1-2-6-14-25/h3-4,7-10,15H,1-2,5-6,11-14H2,(H,23,27). The van der Waals surface area contributed by atoms with Gasteiger partial charge in [-0.05, 0) is 37.1 Å². The number of nitrogens with one attached hydrogen (secondary N) is 1. The van der Waals surface area contributed by atoms with Crippen molar-refractivity contribution in [3.8, 4) is 0 Å². The molecule has 1 fully saturated rings. The Morgan fingerprint density at radius 1 is 1.13 bits per heavy atom. The second kappa shape index (κ2) is 9.21. The van der Waals surface area contributed by atoms with E-state index in [1.807, 2.05) is 24.3 Å². The van der Waals surface area contributed by atoms with E-state index in [0.717, 1.165) is 54.0 Å². The van der Waals surface area contributed by atoms with Gasteiger partial charge in [-0.1, -0.05) is 25.0 Å². The molecule has 4 rings (SSSR count). The van der Waals surface area contributed by atoms with Gasteiger partial charge in [0.15, 0.2) is 0 Å². The summed E-state index contributed by atoms with van der Waals surface area (Å²) in [5, 5.41) is 15.5. The van der Waals surface area contributed by atoms with Gasteiger partial charge in [-0.3, -0.25) is 14.9 Å². The Bertz CT molecular complexity index is 1020. The molecule has 0 spiro atoms. The number of aromatic nitrogens is 1. The Kier molecular flexibility index (Phi) is 6.23. The van der Waals surface area contributed by atoms with E-state index >= 15 is 0 Å². The molecule has 0 unspecified atom stereocenters. The Hall–Kier alpha value is -3.00. The molecule has 156 valence electrons. The van der Waals surface area contributed by atoms with Crippen molar-refractivity contribution in [1.29, 1.82) is 0 Å². The molecule has 1 aliphatic heterocycles. The number of fused-ring (bicyclic) bond motifs is 1. The van der Waals surface area contributed by atoms with Crippen molar-refractivity contribution < 1.29 is 9.72 Å². The quantitative estimate of drug-likeness (QED) is 0.463. The molecule has 0 saturated carbocycles. The number of carbonyl (C=O) groups is 1. The van der Waals surface area contributed by atoms with Crippen LogP contribution in [-0.2, 0) is 6.42 Å². The SMILES string of the molecule is O=C(NCCc1nc2ccccc2s1)c1ccc(N2CCCCCC2)c([N+](=O)[O-])c1. The zero-order valence-electron chi connectivity index (χ0n) is 16.7. The highest BCUT2D eigenvalue weighted by Crippen LogP contribution is 2.31. The minimum absolute atomic E-state index is 0.00396. The molecule has 1 aromatic heterocycles. The molecule has 1 amide bonds. The molecule has 0 aliphatic carbocycles. The van der Waals surface area contributed by atoms with Gasteiger partial charge in [0.1, 0.15) is 5.69 Å². The first-order valence-electron chi connectivity index (χ1n) is 10.3. The topological polar surface area (TPSA) is 88.4 Å². The van der Waals surface area contributed by atoms with Gasteiger partial charge in [0.05, 0.1) is 20.1 Å². The second-order valence-corrected chi connectivity index (χ2v) is 8.56. The minimum atomic E-state index is -0.391. The molecule has 2 heterocycles. The fraction of sp³-hybridized carbons (Fsp3) is 0.364. The first kappa shape index (κ1) is 20.3. The third-order valence-corrected chi connectivity index (χ3v) is 6.44. The molecular weight excluding hydrogens is 400 g/mol. The highest BCUT2D eigenvalue weighted by atomic mass is 32.1. The maximum absolute atomic E-state index is 12.6. The number of hydrogen-bond donors (Lipinski definition) is 1. The Labute approximate surface area is 178 Å². The highest BCUT2D eigenvalue weighted by molar-refractivity contribution is 7.18. The maximum atomic E-state index is 12.6. The molecule has 30 heavy (non-hydrogen) atoms. The number of nitrogens with zero attached hydrogens (tertiary/aromatic N) is 3.